The number of nitriles is 1. The van der Waals surface area contributed by atoms with Crippen LogP contribution in [-0.4, -0.2) is 5.78 Å². The third kappa shape index (κ3) is 6.77. The van der Waals surface area contributed by atoms with Crippen LogP contribution in [0.15, 0.2) is 37.0 Å². The average molecular weight is 177 g/mol. The van der Waals surface area contributed by atoms with E-state index in [1.54, 1.807) is 6.07 Å². The van der Waals surface area contributed by atoms with E-state index in [0.717, 1.165) is 0 Å². The second-order valence-electron chi connectivity index (χ2n) is 1.82. The Hall–Kier alpha value is -1.62. The van der Waals surface area contributed by atoms with Crippen molar-refractivity contribution in [2.45, 2.75) is 20.3 Å². The number of allylic oxidation sites excluding steroid dienone is 4. The van der Waals surface area contributed by atoms with Crippen LogP contribution in [0.4, 0.5) is 0 Å². The summed E-state index contributed by atoms with van der Waals surface area (Å²) in [6.45, 7) is 10.9. The lowest BCUT2D eigenvalue weighted by Gasteiger charge is -1.92. The topological polar surface area (TPSA) is 40.9 Å². The van der Waals surface area contributed by atoms with Crippen molar-refractivity contribution in [2.75, 3.05) is 0 Å². The molecule has 2 nitrogen and oxygen atoms in total. The van der Waals surface area contributed by atoms with Crippen LogP contribution in [0.1, 0.15) is 20.3 Å². The summed E-state index contributed by atoms with van der Waals surface area (Å²) in [6, 6.07) is 1.77. The highest BCUT2D eigenvalue weighted by molar-refractivity contribution is 5.99. The van der Waals surface area contributed by atoms with E-state index < -0.39 is 0 Å². The third-order valence-electron chi connectivity index (χ3n) is 1.08. The van der Waals surface area contributed by atoms with E-state index in [-0.39, 0.29) is 12.2 Å². The first-order chi connectivity index (χ1) is 6.26. The summed E-state index contributed by atoms with van der Waals surface area (Å²) >= 11 is 0. The summed E-state index contributed by atoms with van der Waals surface area (Å²) in [6.07, 6.45) is 4.34. The molecule has 0 aliphatic rings. The Morgan fingerprint density at radius 3 is 2.31 bits per heavy atom. The fraction of sp³-hybridized carbons (Fsp3) is 0.273. The van der Waals surface area contributed by atoms with E-state index in [0.29, 0.717) is 5.57 Å². The van der Waals surface area contributed by atoms with E-state index in [1.807, 2.05) is 13.8 Å². The molecule has 2 heteroatoms. The molecule has 0 aromatic rings. The molecule has 0 atom stereocenters. The monoisotopic (exact) mass is 177 g/mol. The van der Waals surface area contributed by atoms with Gasteiger partial charge in [-0.05, 0) is 0 Å². The second kappa shape index (κ2) is 10.4. The zero-order valence-corrected chi connectivity index (χ0v) is 8.21. The molecule has 0 saturated heterocycles. The number of carbonyl (C=O) groups is 1. The van der Waals surface area contributed by atoms with Crippen molar-refractivity contribution in [3.05, 3.63) is 37.0 Å². The first kappa shape index (κ1) is 13.9. The van der Waals surface area contributed by atoms with Gasteiger partial charge in [0.1, 0.15) is 0 Å². The molecule has 0 spiro atoms. The summed E-state index contributed by atoms with van der Waals surface area (Å²) in [4.78, 5) is 11.0. The summed E-state index contributed by atoms with van der Waals surface area (Å²) in [5.74, 6) is -0.220. The standard InChI is InChI=1S/C9H9NO.C2H6/c1-3-5-8(4-2)9(11)6-7-10;1-2/h3-5H,1-2,6H2;1-2H3/b8-5+;. The number of hydrogen-bond donors (Lipinski definition) is 0. The fourth-order valence-electron chi connectivity index (χ4n) is 0.576. The summed E-state index contributed by atoms with van der Waals surface area (Å²) in [5.41, 5.74) is 0.432. The van der Waals surface area contributed by atoms with Gasteiger partial charge in [0.25, 0.3) is 0 Å². The minimum atomic E-state index is -0.220. The maximum Gasteiger partial charge on any atom is 0.176 e. The first-order valence-corrected chi connectivity index (χ1v) is 4.11. The zero-order chi connectivity index (χ0) is 10.7. The van der Waals surface area contributed by atoms with Gasteiger partial charge in [-0.15, -0.1) is 0 Å². The number of nitrogens with zero attached hydrogens (tertiary/aromatic N) is 1. The molecule has 0 heterocycles. The Balaban J connectivity index is 0. The normalized spacial score (nSPS) is 8.85. The molecule has 0 aromatic carbocycles. The van der Waals surface area contributed by atoms with Gasteiger partial charge in [0.15, 0.2) is 5.78 Å². The highest BCUT2D eigenvalue weighted by atomic mass is 16.1. The van der Waals surface area contributed by atoms with Gasteiger partial charge in [0.2, 0.25) is 0 Å². The maximum atomic E-state index is 11.0. The Kier molecular flexibility index (Phi) is 11.1. The Morgan fingerprint density at radius 2 is 2.00 bits per heavy atom. The van der Waals surface area contributed by atoms with E-state index >= 15 is 0 Å². The fourth-order valence-corrected chi connectivity index (χ4v) is 0.576. The Labute approximate surface area is 79.9 Å². The maximum absolute atomic E-state index is 11.0. The predicted molar refractivity (Wildman–Crippen MR) is 55.1 cm³/mol. The number of rotatable bonds is 4. The first-order valence-electron chi connectivity index (χ1n) is 4.11. The van der Waals surface area contributed by atoms with Crippen LogP contribution in [0.5, 0.6) is 0 Å². The molecular formula is C11H15NO. The number of ketones is 1. The van der Waals surface area contributed by atoms with E-state index in [9.17, 15) is 4.79 Å². The van der Waals surface area contributed by atoms with Crippen molar-refractivity contribution in [2.24, 2.45) is 0 Å². The van der Waals surface area contributed by atoms with Crippen LogP contribution in [-0.2, 0) is 4.79 Å². The molecule has 0 fully saturated rings. The molecule has 0 N–H and O–H groups in total. The molecule has 0 amide bonds. The smallest absolute Gasteiger partial charge is 0.176 e. The minimum absolute atomic E-state index is 0.105. The molecule has 0 bridgehead atoms. The van der Waals surface area contributed by atoms with Crippen LogP contribution in [0.2, 0.25) is 0 Å². The molecule has 0 rings (SSSR count). The van der Waals surface area contributed by atoms with Gasteiger partial charge in [-0.1, -0.05) is 45.2 Å². The molecule has 13 heavy (non-hydrogen) atoms. The van der Waals surface area contributed by atoms with Crippen molar-refractivity contribution < 1.29 is 4.79 Å². The number of Topliss-reactive ketones (excluding diaryl/α,β-unsaturated/α-hetero) is 1. The lowest BCUT2D eigenvalue weighted by atomic mass is 10.1. The largest absolute Gasteiger partial charge is 0.293 e. The van der Waals surface area contributed by atoms with Crippen LogP contribution in [0.25, 0.3) is 0 Å². The van der Waals surface area contributed by atoms with Crippen LogP contribution < -0.4 is 0 Å². The van der Waals surface area contributed by atoms with Crippen molar-refractivity contribution >= 4 is 5.78 Å². The SMILES string of the molecule is C=C/C=C(\C=C)C(=O)CC#N.CC. The van der Waals surface area contributed by atoms with Crippen LogP contribution in [0, 0.1) is 11.3 Å². The van der Waals surface area contributed by atoms with Gasteiger partial charge in [-0.3, -0.25) is 4.79 Å². The van der Waals surface area contributed by atoms with Crippen LogP contribution in [0.3, 0.4) is 0 Å². The van der Waals surface area contributed by atoms with Crippen molar-refractivity contribution in [3.63, 3.8) is 0 Å². The molecule has 0 unspecified atom stereocenters. The second-order valence-corrected chi connectivity index (χ2v) is 1.82. The molecule has 70 valence electrons. The van der Waals surface area contributed by atoms with Gasteiger partial charge in [-0.2, -0.15) is 5.26 Å². The van der Waals surface area contributed by atoms with Crippen molar-refractivity contribution in [1.29, 1.82) is 5.26 Å². The lowest BCUT2D eigenvalue weighted by Crippen LogP contribution is -1.97. The van der Waals surface area contributed by atoms with Crippen LogP contribution >= 0.6 is 0 Å². The van der Waals surface area contributed by atoms with Crippen molar-refractivity contribution in [3.8, 4) is 6.07 Å². The lowest BCUT2D eigenvalue weighted by molar-refractivity contribution is -0.114. The quantitative estimate of drug-likeness (QED) is 0.489. The average Bonchev–Trinajstić information content (AvgIpc) is 2.17. The van der Waals surface area contributed by atoms with E-state index in [4.69, 9.17) is 5.26 Å². The third-order valence-corrected chi connectivity index (χ3v) is 1.08. The molecule has 0 saturated carbocycles. The van der Waals surface area contributed by atoms with Gasteiger partial charge >= 0.3 is 0 Å². The predicted octanol–water partition coefficient (Wildman–Crippen LogP) is 2.79. The molecule has 0 aromatic heterocycles. The van der Waals surface area contributed by atoms with Gasteiger partial charge < -0.3 is 0 Å². The summed E-state index contributed by atoms with van der Waals surface area (Å²) in [7, 11) is 0. The number of hydrogen-bond acceptors (Lipinski definition) is 2. The molecule has 0 radical (unpaired) electrons. The van der Waals surface area contributed by atoms with Gasteiger partial charge in [0.05, 0.1) is 12.5 Å². The highest BCUT2D eigenvalue weighted by Crippen LogP contribution is 2.00. The van der Waals surface area contributed by atoms with Crippen molar-refractivity contribution in [1.82, 2.24) is 0 Å². The van der Waals surface area contributed by atoms with E-state index in [1.165, 1.54) is 18.2 Å². The summed E-state index contributed by atoms with van der Waals surface area (Å²) in [5, 5.41) is 8.19. The van der Waals surface area contributed by atoms with Gasteiger partial charge in [0, 0.05) is 5.57 Å². The summed E-state index contributed by atoms with van der Waals surface area (Å²) < 4.78 is 0. The highest BCUT2D eigenvalue weighted by Gasteiger charge is 2.02. The molecular weight excluding hydrogens is 162 g/mol. The van der Waals surface area contributed by atoms with E-state index in [2.05, 4.69) is 13.2 Å². The Morgan fingerprint density at radius 1 is 1.46 bits per heavy atom. The van der Waals surface area contributed by atoms with Gasteiger partial charge in [-0.25, -0.2) is 0 Å². The molecule has 0 aliphatic heterocycles. The molecule has 0 aliphatic carbocycles. The zero-order valence-electron chi connectivity index (χ0n) is 8.21. The Bertz CT molecular complexity index is 243. The minimum Gasteiger partial charge on any atom is -0.293 e. The number of carbonyl (C=O) groups excluding carboxylic acids is 1.